The summed E-state index contributed by atoms with van der Waals surface area (Å²) >= 11 is 10.4. The fourth-order valence-corrected chi connectivity index (χ4v) is 28.2. The molecular formula is C118H92BBr3N6O5P4. The van der Waals surface area contributed by atoms with Crippen molar-refractivity contribution in [2.45, 2.75) is 38.9 Å². The summed E-state index contributed by atoms with van der Waals surface area (Å²) in [6, 6.07) is 162. The highest BCUT2D eigenvalue weighted by molar-refractivity contribution is 9.11. The number of halogens is 3. The molecule has 0 atom stereocenters. The lowest BCUT2D eigenvalue weighted by atomic mass is 9.79. The average Bonchev–Trinajstić information content (AvgIpc) is 1.55. The van der Waals surface area contributed by atoms with Crippen molar-refractivity contribution in [2.24, 2.45) is 0 Å². The Balaban J connectivity index is 0.000000114. The summed E-state index contributed by atoms with van der Waals surface area (Å²) in [6.07, 6.45) is 0. The number of hydrogen-bond acceptors (Lipinski definition) is 9. The van der Waals surface area contributed by atoms with Gasteiger partial charge >= 0.3 is 7.12 Å². The van der Waals surface area contributed by atoms with Crippen molar-refractivity contribution in [1.29, 1.82) is 0 Å². The van der Waals surface area contributed by atoms with E-state index < -0.39 is 29.3 Å². The highest BCUT2D eigenvalue weighted by atomic mass is 79.9. The number of para-hydroxylation sites is 6. The number of benzene rings is 18. The molecule has 22 aromatic rings. The minimum Gasteiger partial charge on any atom is -0.399 e. The maximum Gasteiger partial charge on any atom is 0.494 e. The second-order valence-corrected chi connectivity index (χ2v) is 47.3. The maximum absolute atomic E-state index is 14.7. The Bertz CT molecular complexity index is 7800. The molecule has 1 aliphatic rings. The summed E-state index contributed by atoms with van der Waals surface area (Å²) in [5.41, 5.74) is 12.1. The largest absolute Gasteiger partial charge is 0.494 e. The Hall–Kier alpha value is -13.2. The molecule has 0 unspecified atom stereocenters. The Kier molecular flexibility index (Phi) is 27.8. The minimum atomic E-state index is -3.01. The molecule has 0 aliphatic carbocycles. The molecule has 0 N–H and O–H groups in total. The second kappa shape index (κ2) is 41.0. The molecule has 18 aromatic carbocycles. The van der Waals surface area contributed by atoms with Crippen molar-refractivity contribution < 1.29 is 23.0 Å². The lowest BCUT2D eigenvalue weighted by Gasteiger charge is -2.32. The fraction of sp³-hybridized carbons (Fsp3) is 0.0508. The third kappa shape index (κ3) is 19.4. The second-order valence-electron chi connectivity index (χ2n) is 34.0. The van der Waals surface area contributed by atoms with E-state index in [1.807, 2.05) is 315 Å². The molecule has 0 spiro atoms. The highest BCUT2D eigenvalue weighted by Crippen LogP contribution is 2.47. The molecule has 23 rings (SSSR count). The van der Waals surface area contributed by atoms with Crippen LogP contribution in [0.1, 0.15) is 27.7 Å². The maximum atomic E-state index is 14.7. The molecule has 1 fully saturated rings. The predicted octanol–water partition coefficient (Wildman–Crippen LogP) is 25.4. The van der Waals surface area contributed by atoms with E-state index in [4.69, 9.17) is 29.2 Å². The normalized spacial score (nSPS) is 12.8. The first-order valence-electron chi connectivity index (χ1n) is 45.1. The van der Waals surface area contributed by atoms with E-state index in [1.54, 1.807) is 0 Å². The summed E-state index contributed by atoms with van der Waals surface area (Å²) in [4.78, 5) is 20.0. The third-order valence-electron chi connectivity index (χ3n) is 24.9. The van der Waals surface area contributed by atoms with Crippen molar-refractivity contribution in [3.05, 3.63) is 499 Å². The quantitative estimate of drug-likeness (QED) is 0.0685. The SMILES string of the molecule is Brc1ccc(P(c2ccccc2)c2ccccc2)cc1.CC1(C)OB(c2ccc(-c3nc4ccccc4c4nc5ccccc5n34)cc2)OC1(C)C.O=P(c1ccccc1)(c1ccccc1)c1ccc(-c2ccc(-c3nc4ccccc4c4nc5ccccc5n34)cc2)cc1.O=P(c1ccccc1)(c1ccccc1)c1ccc(Br)cc1.O=P(c1ccccc1)(c1ccccc1)c1ccc(Br)cc1. The zero-order valence-electron chi connectivity index (χ0n) is 75.4. The van der Waals surface area contributed by atoms with Gasteiger partial charge in [-0.3, -0.25) is 8.80 Å². The van der Waals surface area contributed by atoms with Crippen LogP contribution in [0.15, 0.2) is 499 Å². The molecule has 4 aromatic heterocycles. The number of hydrogen-bond donors (Lipinski definition) is 0. The summed E-state index contributed by atoms with van der Waals surface area (Å²) in [5.74, 6) is 1.73. The Labute approximate surface area is 824 Å². The average molecular weight is 2050 g/mol. The molecule has 1 saturated heterocycles. The number of rotatable bonds is 16. The topological polar surface area (TPSA) is 130 Å². The first kappa shape index (κ1) is 92.8. The van der Waals surface area contributed by atoms with Gasteiger partial charge in [0.2, 0.25) is 0 Å². The van der Waals surface area contributed by atoms with Crippen LogP contribution in [0.4, 0.5) is 0 Å². The minimum absolute atomic E-state index is 0.363. The number of nitrogens with zero attached hydrogens (tertiary/aromatic N) is 6. The highest BCUT2D eigenvalue weighted by Gasteiger charge is 2.52. The summed E-state index contributed by atoms with van der Waals surface area (Å²) in [5, 5.41) is 13.8. The van der Waals surface area contributed by atoms with E-state index in [0.717, 1.165) is 156 Å². The van der Waals surface area contributed by atoms with Gasteiger partial charge in [-0.1, -0.05) is 424 Å². The van der Waals surface area contributed by atoms with Crippen LogP contribution < -0.4 is 69.1 Å². The van der Waals surface area contributed by atoms with Gasteiger partial charge in [0.25, 0.3) is 0 Å². The summed E-state index contributed by atoms with van der Waals surface area (Å²) in [7, 11) is -9.51. The van der Waals surface area contributed by atoms with Gasteiger partial charge in [0.05, 0.1) is 44.3 Å². The Morgan fingerprint density at radius 1 is 0.248 bits per heavy atom. The molecule has 668 valence electrons. The lowest BCUT2D eigenvalue weighted by molar-refractivity contribution is 0.00578. The van der Waals surface area contributed by atoms with Gasteiger partial charge in [0.15, 0.2) is 21.4 Å². The van der Waals surface area contributed by atoms with Gasteiger partial charge in [0, 0.05) is 83.1 Å². The molecule has 5 heterocycles. The molecule has 0 bridgehead atoms. The van der Waals surface area contributed by atoms with Gasteiger partial charge < -0.3 is 23.0 Å². The Morgan fingerprint density at radius 2 is 0.482 bits per heavy atom. The molecule has 11 nitrogen and oxygen atoms in total. The number of imidazole rings is 2. The van der Waals surface area contributed by atoms with Crippen LogP contribution in [0.3, 0.4) is 0 Å². The van der Waals surface area contributed by atoms with Gasteiger partial charge in [0.1, 0.15) is 22.9 Å². The molecule has 0 saturated carbocycles. The van der Waals surface area contributed by atoms with Crippen molar-refractivity contribution in [1.82, 2.24) is 28.7 Å². The molecule has 19 heteroatoms. The van der Waals surface area contributed by atoms with Crippen LogP contribution in [0.25, 0.3) is 89.1 Å². The zero-order valence-corrected chi connectivity index (χ0v) is 83.7. The molecule has 0 amide bonds. The van der Waals surface area contributed by atoms with Gasteiger partial charge in [-0.2, -0.15) is 0 Å². The van der Waals surface area contributed by atoms with E-state index >= 15 is 0 Å². The predicted molar refractivity (Wildman–Crippen MR) is 587 cm³/mol. The Morgan fingerprint density at radius 3 is 0.803 bits per heavy atom. The lowest BCUT2D eigenvalue weighted by Crippen LogP contribution is -2.41. The van der Waals surface area contributed by atoms with Crippen LogP contribution in [0.2, 0.25) is 0 Å². The van der Waals surface area contributed by atoms with Crippen molar-refractivity contribution in [2.75, 3.05) is 0 Å². The van der Waals surface area contributed by atoms with Crippen molar-refractivity contribution in [3.8, 4) is 33.9 Å². The van der Waals surface area contributed by atoms with Gasteiger partial charge in [-0.25, -0.2) is 19.9 Å². The van der Waals surface area contributed by atoms with Crippen LogP contribution in [0, 0.1) is 0 Å². The summed E-state index contributed by atoms with van der Waals surface area (Å²) < 4.78 is 62.4. The molecule has 0 radical (unpaired) electrons. The standard InChI is InChI=1S/C38H26N3OP.C26H24BN3O2.2C18H14BrOP.C18H14BrP/c42-43(30-11-3-1-4-12-30,31-13-5-2-6-14-31)32-25-23-28(24-26-32)27-19-21-29(22-20-27)37-39-34-16-8-7-15-33(34)38-40-35-17-9-10-18-36(35)41(37)38;1-25(2)26(3,4)32-27(31-25)18-15-13-17(14-16-18)23-28-20-10-6-5-9-19(20)24-29-21-11-7-8-12-22(21)30(23)24;2*19-15-11-13-18(14-12-15)21(20,16-7-3-1-4-8-16)17-9-5-2-6-10-17;19-15-11-13-18(14-12-15)20(16-7-3-1-4-8-16)17-9-5-2-6-10-17/h1-26H;5-16H,1-4H3;2*1-14H;1-14H. The molecular weight excluding hydrogens is 1960 g/mol. The van der Waals surface area contributed by atoms with Gasteiger partial charge in [-0.15, -0.1) is 0 Å². The smallest absolute Gasteiger partial charge is 0.399 e. The van der Waals surface area contributed by atoms with Crippen LogP contribution in [-0.4, -0.2) is 47.1 Å². The third-order valence-corrected chi connectivity index (χ3v) is 38.2. The first-order valence-corrected chi connectivity index (χ1v) is 54.0. The zero-order chi connectivity index (χ0) is 94.1. The van der Waals surface area contributed by atoms with Gasteiger partial charge in [-0.05, 0) is 177 Å². The summed E-state index contributed by atoms with van der Waals surface area (Å²) in [6.45, 7) is 8.28. The van der Waals surface area contributed by atoms with E-state index in [0.29, 0.717) is 0 Å². The monoisotopic (exact) mass is 2040 g/mol. The van der Waals surface area contributed by atoms with Crippen LogP contribution in [0.5, 0.6) is 0 Å². The molecule has 137 heavy (non-hydrogen) atoms. The van der Waals surface area contributed by atoms with E-state index in [9.17, 15) is 13.7 Å². The van der Waals surface area contributed by atoms with Crippen molar-refractivity contribution >= 4 is 209 Å². The van der Waals surface area contributed by atoms with Crippen molar-refractivity contribution in [3.63, 3.8) is 0 Å². The van der Waals surface area contributed by atoms with Crippen LogP contribution >= 0.6 is 77.1 Å². The molecule has 1 aliphatic heterocycles. The van der Waals surface area contributed by atoms with E-state index in [1.165, 1.54) is 15.9 Å². The van der Waals surface area contributed by atoms with Crippen LogP contribution in [-0.2, 0) is 23.0 Å². The number of fused-ring (bicyclic) bond motifs is 10. The van der Waals surface area contributed by atoms with E-state index in [-0.39, 0.29) is 18.3 Å². The number of aromatic nitrogens is 6. The first-order chi connectivity index (χ1) is 66.8. The fourth-order valence-electron chi connectivity index (χ4n) is 17.2. The van der Waals surface area contributed by atoms with E-state index in [2.05, 4.69) is 254 Å².